The SMILES string of the molecule is CN1C(=CC=Cc2n(CCCS(=O)(=O)O)c3cc(S(=O)(=O)N4CCCC4)ccc3[n+]2C)N(CCCS(=O)(=O)O)c2cc(S(=O)(=O)N3CCCC3)ccc21. The van der Waals surface area contributed by atoms with E-state index in [4.69, 9.17) is 0 Å². The number of aromatic nitrogens is 2. The van der Waals surface area contributed by atoms with Crippen molar-refractivity contribution in [3.05, 3.63) is 60.2 Å². The Labute approximate surface area is 311 Å². The van der Waals surface area contributed by atoms with E-state index in [1.165, 1.54) is 8.61 Å². The summed E-state index contributed by atoms with van der Waals surface area (Å²) in [4.78, 5) is 3.88. The average molecular weight is 814 g/mol. The molecule has 20 heteroatoms. The fourth-order valence-electron chi connectivity index (χ4n) is 7.24. The first-order valence-electron chi connectivity index (χ1n) is 17.3. The Morgan fingerprint density at radius 2 is 1.25 bits per heavy atom. The van der Waals surface area contributed by atoms with E-state index < -0.39 is 51.8 Å². The van der Waals surface area contributed by atoms with Crippen LogP contribution in [0, 0.1) is 0 Å². The predicted molar refractivity (Wildman–Crippen MR) is 200 cm³/mol. The van der Waals surface area contributed by atoms with Crippen LogP contribution in [-0.2, 0) is 53.9 Å². The molecule has 2 saturated heterocycles. The van der Waals surface area contributed by atoms with Crippen molar-refractivity contribution < 1.29 is 47.3 Å². The van der Waals surface area contributed by atoms with Crippen molar-refractivity contribution in [1.29, 1.82) is 0 Å². The molecule has 0 amide bonds. The second-order valence-electron chi connectivity index (χ2n) is 13.5. The van der Waals surface area contributed by atoms with E-state index in [1.807, 2.05) is 9.47 Å². The third-order valence-corrected chi connectivity index (χ3v) is 15.3. The molecule has 6 rings (SSSR count). The molecule has 0 aliphatic carbocycles. The number of imidazole rings is 1. The standard InChI is InChI=1S/C33H44N6O10S4/c1-34-28-14-12-26(52(46,47)36-16-3-4-17-36)24-30(28)38(20-8-22-50(40,41)42)32(34)10-7-11-33-35(2)29-15-13-27(53(48,49)37-18-5-6-19-37)25-31(29)39(33)21-9-23-51(43,44)45/h7,10-15,24-25H,3-6,8-9,16-23H2,1-2H3,(H-,40,41,42,43,44,45)/p+1. The van der Waals surface area contributed by atoms with Gasteiger partial charge in [-0.1, -0.05) is 6.08 Å². The number of hydrogen-bond acceptors (Lipinski definition) is 10. The third-order valence-electron chi connectivity index (χ3n) is 9.90. The monoisotopic (exact) mass is 813 g/mol. The summed E-state index contributed by atoms with van der Waals surface area (Å²) in [5.74, 6) is 0.203. The normalized spacial score (nSPS) is 18.8. The van der Waals surface area contributed by atoms with E-state index in [-0.39, 0.29) is 35.7 Å². The molecule has 3 aliphatic heterocycles. The molecule has 2 fully saturated rings. The van der Waals surface area contributed by atoms with Gasteiger partial charge in [0.25, 0.3) is 26.1 Å². The Morgan fingerprint density at radius 3 is 1.81 bits per heavy atom. The molecule has 4 heterocycles. The van der Waals surface area contributed by atoms with Gasteiger partial charge in [0.1, 0.15) is 5.82 Å². The van der Waals surface area contributed by atoms with Gasteiger partial charge in [-0.25, -0.2) is 26.0 Å². The third kappa shape index (κ3) is 8.34. The highest BCUT2D eigenvalue weighted by molar-refractivity contribution is 7.89. The van der Waals surface area contributed by atoms with Crippen molar-refractivity contribution in [2.45, 2.75) is 54.9 Å². The van der Waals surface area contributed by atoms with E-state index in [2.05, 4.69) is 0 Å². The summed E-state index contributed by atoms with van der Waals surface area (Å²) in [7, 11) is -12.4. The lowest BCUT2D eigenvalue weighted by Gasteiger charge is -2.23. The molecule has 16 nitrogen and oxygen atoms in total. The van der Waals surface area contributed by atoms with Crippen LogP contribution in [0.25, 0.3) is 17.1 Å². The minimum Gasteiger partial charge on any atom is -0.329 e. The lowest BCUT2D eigenvalue weighted by atomic mass is 10.2. The highest BCUT2D eigenvalue weighted by atomic mass is 32.2. The molecule has 0 bridgehead atoms. The molecule has 0 saturated carbocycles. The molecule has 3 aliphatic rings. The van der Waals surface area contributed by atoms with Crippen LogP contribution in [-0.4, -0.2) is 107 Å². The maximum absolute atomic E-state index is 13.5. The topological polar surface area (TPSA) is 199 Å². The number of anilines is 2. The van der Waals surface area contributed by atoms with Crippen molar-refractivity contribution in [1.82, 2.24) is 13.2 Å². The van der Waals surface area contributed by atoms with Gasteiger partial charge in [0.05, 0.1) is 46.3 Å². The van der Waals surface area contributed by atoms with Gasteiger partial charge in [-0.05, 0) is 68.5 Å². The van der Waals surface area contributed by atoms with Crippen LogP contribution in [0.1, 0.15) is 44.3 Å². The first-order chi connectivity index (χ1) is 24.9. The van der Waals surface area contributed by atoms with Crippen LogP contribution in [0.4, 0.5) is 11.4 Å². The van der Waals surface area contributed by atoms with Gasteiger partial charge < -0.3 is 9.80 Å². The van der Waals surface area contributed by atoms with Crippen LogP contribution in [0.5, 0.6) is 0 Å². The average Bonchev–Trinajstić information content (AvgIpc) is 3.90. The Bertz CT molecular complexity index is 2400. The van der Waals surface area contributed by atoms with Crippen LogP contribution in [0.15, 0.2) is 64.2 Å². The minimum atomic E-state index is -4.25. The molecular formula is C33H45N6O10S4+. The van der Waals surface area contributed by atoms with Gasteiger partial charge in [-0.2, -0.15) is 25.4 Å². The second-order valence-corrected chi connectivity index (χ2v) is 20.5. The maximum Gasteiger partial charge on any atom is 0.282 e. The summed E-state index contributed by atoms with van der Waals surface area (Å²) in [5, 5.41) is 0. The molecule has 0 unspecified atom stereocenters. The second kappa shape index (κ2) is 15.0. The summed E-state index contributed by atoms with van der Waals surface area (Å²) in [6.07, 6.45) is 8.51. The maximum atomic E-state index is 13.5. The van der Waals surface area contributed by atoms with Crippen LogP contribution >= 0.6 is 0 Å². The van der Waals surface area contributed by atoms with Crippen molar-refractivity contribution in [3.8, 4) is 0 Å². The Balaban J connectivity index is 1.39. The molecule has 0 spiro atoms. The van der Waals surface area contributed by atoms with E-state index in [0.29, 0.717) is 60.2 Å². The van der Waals surface area contributed by atoms with Crippen molar-refractivity contribution in [2.75, 3.05) is 61.1 Å². The summed E-state index contributed by atoms with van der Waals surface area (Å²) < 4.78 is 126. The fourth-order valence-corrected chi connectivity index (χ4v) is 11.3. The van der Waals surface area contributed by atoms with Gasteiger partial charge >= 0.3 is 0 Å². The van der Waals surface area contributed by atoms with E-state index in [9.17, 15) is 42.8 Å². The van der Waals surface area contributed by atoms with Crippen LogP contribution < -0.4 is 14.4 Å². The zero-order valence-electron chi connectivity index (χ0n) is 29.6. The number of sulfonamides is 2. The van der Waals surface area contributed by atoms with Gasteiger partial charge in [0.15, 0.2) is 11.0 Å². The van der Waals surface area contributed by atoms with Gasteiger partial charge in [0, 0.05) is 58.3 Å². The van der Waals surface area contributed by atoms with Crippen LogP contribution in [0.2, 0.25) is 0 Å². The number of nitrogens with zero attached hydrogens (tertiary/aromatic N) is 6. The molecule has 290 valence electrons. The molecule has 1 aromatic heterocycles. The smallest absolute Gasteiger partial charge is 0.282 e. The molecular weight excluding hydrogens is 769 g/mol. The largest absolute Gasteiger partial charge is 0.329 e. The predicted octanol–water partition coefficient (Wildman–Crippen LogP) is 2.40. The zero-order valence-corrected chi connectivity index (χ0v) is 32.8. The Morgan fingerprint density at radius 1 is 0.717 bits per heavy atom. The molecule has 2 N–H and O–H groups in total. The fraction of sp³-hybridized carbons (Fsp3) is 0.485. The first kappa shape index (κ1) is 39.3. The lowest BCUT2D eigenvalue weighted by Crippen LogP contribution is -2.31. The van der Waals surface area contributed by atoms with Gasteiger partial charge in [-0.15, -0.1) is 0 Å². The number of aryl methyl sites for hydroxylation is 2. The lowest BCUT2D eigenvalue weighted by molar-refractivity contribution is -0.647. The number of rotatable bonds is 14. The zero-order chi connectivity index (χ0) is 38.3. The highest BCUT2D eigenvalue weighted by Gasteiger charge is 2.34. The summed E-state index contributed by atoms with van der Waals surface area (Å²) in [6.45, 7) is 2.03. The van der Waals surface area contributed by atoms with E-state index in [1.54, 1.807) is 78.2 Å². The number of hydrogen-bond donors (Lipinski definition) is 2. The molecule has 53 heavy (non-hydrogen) atoms. The van der Waals surface area contributed by atoms with Gasteiger partial charge in [-0.3, -0.25) is 9.11 Å². The van der Waals surface area contributed by atoms with Crippen molar-refractivity contribution in [3.63, 3.8) is 0 Å². The molecule has 0 atom stereocenters. The van der Waals surface area contributed by atoms with Crippen LogP contribution in [0.3, 0.4) is 0 Å². The van der Waals surface area contributed by atoms with Crippen molar-refractivity contribution >= 4 is 68.8 Å². The number of allylic oxidation sites excluding steroid dienone is 2. The highest BCUT2D eigenvalue weighted by Crippen LogP contribution is 2.42. The quantitative estimate of drug-likeness (QED) is 0.178. The van der Waals surface area contributed by atoms with Crippen molar-refractivity contribution in [2.24, 2.45) is 7.05 Å². The van der Waals surface area contributed by atoms with E-state index in [0.717, 1.165) is 25.7 Å². The Hall–Kier alpha value is -3.37. The van der Waals surface area contributed by atoms with Gasteiger partial charge in [0.2, 0.25) is 20.0 Å². The number of fused-ring (bicyclic) bond motifs is 2. The molecule has 0 radical (unpaired) electrons. The van der Waals surface area contributed by atoms with E-state index >= 15 is 0 Å². The summed E-state index contributed by atoms with van der Waals surface area (Å²) in [6, 6.07) is 9.69. The number of benzene rings is 2. The summed E-state index contributed by atoms with van der Waals surface area (Å²) in [5.41, 5.74) is 2.49. The molecule has 3 aromatic rings. The Kier molecular flexibility index (Phi) is 11.2. The summed E-state index contributed by atoms with van der Waals surface area (Å²) >= 11 is 0. The molecule has 2 aromatic carbocycles. The first-order valence-corrected chi connectivity index (χ1v) is 23.4. The minimum absolute atomic E-state index is 0.0515.